The Bertz CT molecular complexity index is 1890. The van der Waals surface area contributed by atoms with E-state index < -0.39 is 27.5 Å². The molecule has 2 aliphatic rings. The summed E-state index contributed by atoms with van der Waals surface area (Å²) in [5, 5.41) is 12.8. The number of rotatable bonds is 7. The zero-order valence-corrected chi connectivity index (χ0v) is 25.3. The summed E-state index contributed by atoms with van der Waals surface area (Å²) in [6, 6.07) is 24.0. The van der Waals surface area contributed by atoms with Gasteiger partial charge in [-0.15, -0.1) is 0 Å². The van der Waals surface area contributed by atoms with Crippen LogP contribution in [0.1, 0.15) is 23.6 Å². The largest absolute Gasteiger partial charge is 0.493 e. The van der Waals surface area contributed by atoms with Crippen molar-refractivity contribution in [1.29, 1.82) is 5.26 Å². The minimum absolute atomic E-state index is 0.0389. The molecule has 0 spiro atoms. The molecule has 0 bridgehead atoms. The highest BCUT2D eigenvalue weighted by molar-refractivity contribution is 7.93. The standard InChI is InChI=1S/C33H30N6O5S/c1-2-44-30-11-7-6-10-27(30)33(36-32(41)38-20-18-37(19-21-38)25-14-16-35-17-15-25)28-22-24(23-34)12-13-29(28)39(31(33)40)45(42,43)26-8-4-3-5-9-26/h3-17,22H,2,18-21H2,1H3,(H,36,41). The molecular weight excluding hydrogens is 592 g/mol. The number of pyridine rings is 1. The number of piperazine rings is 1. The van der Waals surface area contributed by atoms with Crippen molar-refractivity contribution in [2.45, 2.75) is 17.4 Å². The summed E-state index contributed by atoms with van der Waals surface area (Å²) in [6.45, 7) is 3.82. The number of carbonyl (C=O) groups is 2. The Morgan fingerprint density at radius 1 is 0.956 bits per heavy atom. The van der Waals surface area contributed by atoms with E-state index in [1.54, 1.807) is 66.7 Å². The molecule has 0 saturated carbocycles. The predicted octanol–water partition coefficient (Wildman–Crippen LogP) is 3.86. The number of para-hydroxylation sites is 1. The van der Waals surface area contributed by atoms with Gasteiger partial charge in [-0.05, 0) is 55.5 Å². The third-order valence-electron chi connectivity index (χ3n) is 8.02. The number of aromatic nitrogens is 1. The number of urea groups is 1. The highest BCUT2D eigenvalue weighted by Gasteiger charge is 2.58. The monoisotopic (exact) mass is 622 g/mol. The summed E-state index contributed by atoms with van der Waals surface area (Å²) in [5.41, 5.74) is -0.409. The number of hydrogen-bond acceptors (Lipinski definition) is 8. The maximum atomic E-state index is 14.9. The molecule has 228 valence electrons. The van der Waals surface area contributed by atoms with Crippen molar-refractivity contribution in [3.8, 4) is 11.8 Å². The summed E-state index contributed by atoms with van der Waals surface area (Å²) in [6.07, 6.45) is 3.42. The molecule has 45 heavy (non-hydrogen) atoms. The van der Waals surface area contributed by atoms with Crippen molar-refractivity contribution in [1.82, 2.24) is 15.2 Å². The van der Waals surface area contributed by atoms with Gasteiger partial charge in [-0.25, -0.2) is 13.2 Å². The third-order valence-corrected chi connectivity index (χ3v) is 9.73. The molecule has 1 saturated heterocycles. The van der Waals surface area contributed by atoms with Crippen molar-refractivity contribution in [2.24, 2.45) is 0 Å². The van der Waals surface area contributed by atoms with Crippen LogP contribution in [0.2, 0.25) is 0 Å². The first-order valence-electron chi connectivity index (χ1n) is 14.4. The van der Waals surface area contributed by atoms with E-state index in [0.717, 1.165) is 9.99 Å². The number of fused-ring (bicyclic) bond motifs is 1. The number of nitrogens with zero attached hydrogens (tertiary/aromatic N) is 5. The van der Waals surface area contributed by atoms with Crippen LogP contribution in [-0.2, 0) is 20.4 Å². The van der Waals surface area contributed by atoms with Gasteiger partial charge in [0.2, 0.25) is 0 Å². The molecule has 1 unspecified atom stereocenters. The molecule has 3 heterocycles. The van der Waals surface area contributed by atoms with Gasteiger partial charge in [0.25, 0.3) is 15.9 Å². The van der Waals surface area contributed by atoms with Gasteiger partial charge >= 0.3 is 6.03 Å². The molecule has 0 aliphatic carbocycles. The molecule has 1 aromatic heterocycles. The fraction of sp³-hybridized carbons (Fsp3) is 0.212. The smallest absolute Gasteiger partial charge is 0.318 e. The Hall–Kier alpha value is -5.41. The number of carbonyl (C=O) groups excluding carboxylic acids is 2. The van der Waals surface area contributed by atoms with Gasteiger partial charge in [-0.1, -0.05) is 36.4 Å². The van der Waals surface area contributed by atoms with Crippen molar-refractivity contribution < 1.29 is 22.7 Å². The number of hydrogen-bond donors (Lipinski definition) is 1. The van der Waals surface area contributed by atoms with Crippen LogP contribution in [0.5, 0.6) is 5.75 Å². The zero-order valence-electron chi connectivity index (χ0n) is 24.5. The molecule has 4 aromatic rings. The quantitative estimate of drug-likeness (QED) is 0.328. The third kappa shape index (κ3) is 5.11. The second-order valence-corrected chi connectivity index (χ2v) is 12.3. The average Bonchev–Trinajstić information content (AvgIpc) is 3.33. The van der Waals surface area contributed by atoms with E-state index in [-0.39, 0.29) is 33.9 Å². The Kier molecular flexibility index (Phi) is 7.87. The SMILES string of the molecule is CCOc1ccccc1C1(NC(=O)N2CCN(c3ccncc3)CC2)C(=O)N(S(=O)(=O)c2ccccc2)c2ccc(C#N)cc21. The molecule has 1 N–H and O–H groups in total. The minimum atomic E-state index is -4.44. The van der Waals surface area contributed by atoms with Crippen molar-refractivity contribution in [3.63, 3.8) is 0 Å². The number of amides is 3. The molecule has 1 atom stereocenters. The van der Waals surface area contributed by atoms with E-state index in [4.69, 9.17) is 4.74 Å². The second kappa shape index (κ2) is 11.9. The topological polar surface area (TPSA) is 136 Å². The molecule has 2 aliphatic heterocycles. The van der Waals surface area contributed by atoms with Crippen LogP contribution in [0.3, 0.4) is 0 Å². The summed E-state index contributed by atoms with van der Waals surface area (Å²) >= 11 is 0. The maximum Gasteiger partial charge on any atom is 0.318 e. The van der Waals surface area contributed by atoms with Crippen LogP contribution >= 0.6 is 0 Å². The van der Waals surface area contributed by atoms with Gasteiger partial charge in [0.05, 0.1) is 28.8 Å². The number of nitriles is 1. The summed E-state index contributed by atoms with van der Waals surface area (Å²) in [5.74, 6) is -0.615. The zero-order chi connectivity index (χ0) is 31.6. The first-order chi connectivity index (χ1) is 21.8. The average molecular weight is 623 g/mol. The molecular formula is C33H30N6O5S. The van der Waals surface area contributed by atoms with Gasteiger partial charge in [0.15, 0.2) is 5.54 Å². The van der Waals surface area contributed by atoms with Gasteiger partial charge < -0.3 is 19.9 Å². The molecule has 1 fully saturated rings. The molecule has 6 rings (SSSR count). The molecule has 11 nitrogen and oxygen atoms in total. The second-order valence-electron chi connectivity index (χ2n) is 10.5. The Morgan fingerprint density at radius 2 is 1.64 bits per heavy atom. The highest BCUT2D eigenvalue weighted by Crippen LogP contribution is 2.49. The van der Waals surface area contributed by atoms with Crippen molar-refractivity contribution in [2.75, 3.05) is 42.0 Å². The van der Waals surface area contributed by atoms with E-state index in [2.05, 4.69) is 21.3 Å². The Balaban J connectivity index is 1.48. The van der Waals surface area contributed by atoms with Crippen LogP contribution in [0.15, 0.2) is 102 Å². The van der Waals surface area contributed by atoms with Gasteiger partial charge in [0, 0.05) is 55.4 Å². The summed E-state index contributed by atoms with van der Waals surface area (Å²) in [4.78, 5) is 36.7. The van der Waals surface area contributed by atoms with Gasteiger partial charge in [-0.2, -0.15) is 9.57 Å². The van der Waals surface area contributed by atoms with Crippen LogP contribution < -0.4 is 19.3 Å². The summed E-state index contributed by atoms with van der Waals surface area (Å²) in [7, 11) is -4.44. The van der Waals surface area contributed by atoms with E-state index in [0.29, 0.717) is 31.9 Å². The molecule has 3 amide bonds. The van der Waals surface area contributed by atoms with E-state index in [1.807, 2.05) is 12.1 Å². The number of ether oxygens (including phenoxy) is 1. The van der Waals surface area contributed by atoms with E-state index in [1.165, 1.54) is 30.3 Å². The molecule has 12 heteroatoms. The first kappa shape index (κ1) is 29.7. The van der Waals surface area contributed by atoms with E-state index in [9.17, 15) is 23.3 Å². The number of anilines is 2. The predicted molar refractivity (Wildman–Crippen MR) is 167 cm³/mol. The van der Waals surface area contributed by atoms with Crippen LogP contribution in [0, 0.1) is 11.3 Å². The van der Waals surface area contributed by atoms with Crippen LogP contribution in [0.4, 0.5) is 16.2 Å². The fourth-order valence-corrected chi connectivity index (χ4v) is 7.35. The van der Waals surface area contributed by atoms with Gasteiger partial charge in [0.1, 0.15) is 5.75 Å². The van der Waals surface area contributed by atoms with Crippen molar-refractivity contribution >= 4 is 33.3 Å². The highest BCUT2D eigenvalue weighted by atomic mass is 32.2. The Labute approximate surface area is 261 Å². The number of nitrogens with one attached hydrogen (secondary N) is 1. The van der Waals surface area contributed by atoms with Crippen LogP contribution in [0.25, 0.3) is 0 Å². The lowest BCUT2D eigenvalue weighted by Crippen LogP contribution is -2.60. The normalized spacial score (nSPS) is 17.9. The summed E-state index contributed by atoms with van der Waals surface area (Å²) < 4.78 is 34.9. The number of sulfonamides is 1. The lowest BCUT2D eigenvalue weighted by atomic mass is 9.82. The number of benzene rings is 3. The lowest BCUT2D eigenvalue weighted by molar-refractivity contribution is -0.121. The van der Waals surface area contributed by atoms with Gasteiger partial charge in [-0.3, -0.25) is 9.78 Å². The maximum absolute atomic E-state index is 14.9. The van der Waals surface area contributed by atoms with E-state index >= 15 is 0 Å². The first-order valence-corrected chi connectivity index (χ1v) is 15.9. The molecule has 3 aromatic carbocycles. The fourth-order valence-electron chi connectivity index (χ4n) is 5.86. The minimum Gasteiger partial charge on any atom is -0.493 e. The molecule has 0 radical (unpaired) electrons. The van der Waals surface area contributed by atoms with Crippen LogP contribution in [-0.4, -0.2) is 63.0 Å². The van der Waals surface area contributed by atoms with Crippen molar-refractivity contribution in [3.05, 3.63) is 114 Å². The lowest BCUT2D eigenvalue weighted by Gasteiger charge is -2.38. The Morgan fingerprint density at radius 3 is 2.33 bits per heavy atom.